The molecule has 0 aliphatic heterocycles. The minimum absolute atomic E-state index is 0.00938. The first kappa shape index (κ1) is 31.0. The maximum Gasteiger partial charge on any atom is 0.328 e. The zero-order valence-electron chi connectivity index (χ0n) is 23.0. The highest BCUT2D eigenvalue weighted by atomic mass is 16.5. The van der Waals surface area contributed by atoms with E-state index in [1.165, 1.54) is 7.11 Å². The Bertz CT molecular complexity index is 794. The van der Waals surface area contributed by atoms with E-state index in [-0.39, 0.29) is 35.7 Å². The van der Waals surface area contributed by atoms with Gasteiger partial charge in [-0.25, -0.2) is 4.79 Å². The number of hydrogen-bond donors (Lipinski definition) is 2. The number of nitrogens with one attached hydrogen (secondary N) is 1. The molecule has 7 heteroatoms. The number of rotatable bonds is 14. The molecule has 0 spiro atoms. The molecule has 7 nitrogen and oxygen atoms in total. The Morgan fingerprint density at radius 1 is 1.20 bits per heavy atom. The third-order valence-corrected chi connectivity index (χ3v) is 8.26. The van der Waals surface area contributed by atoms with Crippen LogP contribution in [0.15, 0.2) is 12.2 Å². The minimum Gasteiger partial charge on any atom is -0.467 e. The molecule has 3 N–H and O–H groups in total. The number of methoxy groups -OCH3 is 1. The lowest BCUT2D eigenvalue weighted by atomic mass is 9.51. The zero-order valence-corrected chi connectivity index (χ0v) is 23.0. The van der Waals surface area contributed by atoms with E-state index in [0.717, 1.165) is 18.4 Å². The molecule has 0 bridgehead atoms. The number of ether oxygens (including phenoxy) is 1. The zero-order chi connectivity index (χ0) is 27.0. The molecular weight excluding hydrogens is 444 g/mol. The first-order chi connectivity index (χ1) is 16.3. The predicted molar refractivity (Wildman–Crippen MR) is 139 cm³/mol. The van der Waals surface area contributed by atoms with Crippen LogP contribution in [0.25, 0.3) is 0 Å². The second-order valence-corrected chi connectivity index (χ2v) is 11.0. The van der Waals surface area contributed by atoms with Crippen LogP contribution in [0.5, 0.6) is 0 Å². The molecule has 1 saturated carbocycles. The summed E-state index contributed by atoms with van der Waals surface area (Å²) in [5, 5.41) is 2.73. The van der Waals surface area contributed by atoms with Crippen LogP contribution in [0.4, 0.5) is 0 Å². The summed E-state index contributed by atoms with van der Waals surface area (Å²) in [6.07, 6.45) is 4.56. The van der Waals surface area contributed by atoms with E-state index in [9.17, 15) is 19.2 Å². The molecule has 0 aromatic rings. The summed E-state index contributed by atoms with van der Waals surface area (Å²) < 4.78 is 4.77. The van der Waals surface area contributed by atoms with Gasteiger partial charge < -0.3 is 20.6 Å². The molecule has 0 radical (unpaired) electrons. The fraction of sp³-hybridized carbons (Fsp3) is 0.786. The number of carbonyl (C=O) groups is 4. The Labute approximate surface area is 212 Å². The average Bonchev–Trinajstić information content (AvgIpc) is 2.81. The van der Waals surface area contributed by atoms with Crippen LogP contribution in [0, 0.1) is 23.2 Å². The molecule has 0 aromatic heterocycles. The molecule has 1 rings (SSSR count). The third-order valence-electron chi connectivity index (χ3n) is 8.26. The number of carbonyl (C=O) groups excluding carboxylic acids is 4. The summed E-state index contributed by atoms with van der Waals surface area (Å²) in [4.78, 5) is 49.8. The van der Waals surface area contributed by atoms with Gasteiger partial charge >= 0.3 is 5.97 Å². The van der Waals surface area contributed by atoms with Crippen molar-refractivity contribution in [3.05, 3.63) is 12.2 Å². The number of nitrogens with two attached hydrogens (primary N) is 1. The summed E-state index contributed by atoms with van der Waals surface area (Å²) in [6.45, 7) is 16.1. The van der Waals surface area contributed by atoms with Crippen molar-refractivity contribution in [1.82, 2.24) is 5.32 Å². The van der Waals surface area contributed by atoms with Gasteiger partial charge in [0.05, 0.1) is 7.11 Å². The Hall–Kier alpha value is -2.02. The van der Waals surface area contributed by atoms with Gasteiger partial charge in [-0.05, 0) is 50.9 Å². The largest absolute Gasteiger partial charge is 0.467 e. The summed E-state index contributed by atoms with van der Waals surface area (Å²) in [5.41, 5.74) is 6.57. The van der Waals surface area contributed by atoms with Crippen LogP contribution in [-0.2, 0) is 23.9 Å². The van der Waals surface area contributed by atoms with E-state index >= 15 is 0 Å². The molecule has 1 aliphatic carbocycles. The van der Waals surface area contributed by atoms with Crippen LogP contribution < -0.4 is 11.1 Å². The molecular formula is C28H48N2O5. The lowest BCUT2D eigenvalue weighted by Gasteiger charge is -2.55. The third kappa shape index (κ3) is 7.73. The second-order valence-electron chi connectivity index (χ2n) is 11.0. The Kier molecular flexibility index (Phi) is 11.8. The molecule has 1 amide bonds. The maximum absolute atomic E-state index is 13.5. The van der Waals surface area contributed by atoms with Crippen LogP contribution >= 0.6 is 0 Å². The van der Waals surface area contributed by atoms with E-state index in [0.29, 0.717) is 44.4 Å². The molecule has 200 valence electrons. The monoisotopic (exact) mass is 492 g/mol. The Morgan fingerprint density at radius 3 is 2.34 bits per heavy atom. The highest BCUT2D eigenvalue weighted by Gasteiger charge is 2.56. The van der Waals surface area contributed by atoms with E-state index in [1.54, 1.807) is 13.8 Å². The molecule has 0 heterocycles. The van der Waals surface area contributed by atoms with Crippen molar-refractivity contribution >= 4 is 23.4 Å². The maximum atomic E-state index is 13.5. The number of amides is 1. The Morgan fingerprint density at radius 2 is 1.83 bits per heavy atom. The van der Waals surface area contributed by atoms with Crippen molar-refractivity contribution in [3.8, 4) is 0 Å². The second kappa shape index (κ2) is 13.3. The van der Waals surface area contributed by atoms with E-state index < -0.39 is 23.0 Å². The predicted octanol–water partition coefficient (Wildman–Crippen LogP) is 4.52. The molecule has 6 atom stereocenters. The molecule has 0 saturated heterocycles. The lowest BCUT2D eigenvalue weighted by molar-refractivity contribution is -0.145. The van der Waals surface area contributed by atoms with Crippen LogP contribution in [-0.4, -0.2) is 42.1 Å². The molecule has 35 heavy (non-hydrogen) atoms. The number of Topliss-reactive ketones (excluding diaryl/α,β-unsaturated/α-hetero) is 2. The van der Waals surface area contributed by atoms with E-state index in [2.05, 4.69) is 32.7 Å². The summed E-state index contributed by atoms with van der Waals surface area (Å²) in [7, 11) is 1.29. The van der Waals surface area contributed by atoms with Gasteiger partial charge in [0.15, 0.2) is 0 Å². The highest BCUT2D eigenvalue weighted by molar-refractivity contribution is 5.88. The van der Waals surface area contributed by atoms with Gasteiger partial charge in [-0.3, -0.25) is 9.59 Å². The van der Waals surface area contributed by atoms with Gasteiger partial charge in [0.2, 0.25) is 5.91 Å². The normalized spacial score (nSPS) is 27.0. The quantitative estimate of drug-likeness (QED) is 0.272. The summed E-state index contributed by atoms with van der Waals surface area (Å²) >= 11 is 0. The molecule has 0 aromatic carbocycles. The molecule has 1 fully saturated rings. The molecule has 5 unspecified atom stereocenters. The van der Waals surface area contributed by atoms with Crippen molar-refractivity contribution in [3.63, 3.8) is 0 Å². The SMILES string of the molecule is C=C(CC(C)CC)C1C(N)(C(C)CCC(C)=O)CCC(=O)[C@]1(C)CCC(=O)NC(CC)C(=O)OC. The van der Waals surface area contributed by atoms with Gasteiger partial charge in [0.25, 0.3) is 0 Å². The fourth-order valence-electron chi connectivity index (χ4n) is 5.67. The number of hydrogen-bond acceptors (Lipinski definition) is 6. The fourth-order valence-corrected chi connectivity index (χ4v) is 5.67. The highest BCUT2D eigenvalue weighted by Crippen LogP contribution is 2.53. The van der Waals surface area contributed by atoms with E-state index in [1.807, 2.05) is 6.92 Å². The molecule has 1 aliphatic rings. The summed E-state index contributed by atoms with van der Waals surface area (Å²) in [5.74, 6) is -0.452. The minimum atomic E-state index is -0.855. The van der Waals surface area contributed by atoms with Gasteiger partial charge in [-0.1, -0.05) is 53.2 Å². The first-order valence-corrected chi connectivity index (χ1v) is 13.1. The Balaban J connectivity index is 3.28. The van der Waals surface area contributed by atoms with Crippen LogP contribution in [0.2, 0.25) is 0 Å². The van der Waals surface area contributed by atoms with E-state index in [4.69, 9.17) is 10.5 Å². The topological polar surface area (TPSA) is 116 Å². The summed E-state index contributed by atoms with van der Waals surface area (Å²) in [6, 6.07) is -0.710. The van der Waals surface area contributed by atoms with Crippen molar-refractivity contribution < 1.29 is 23.9 Å². The standard InChI is InChI=1S/C28H48N2O5/c1-9-18(3)17-19(4)25-27(7,15-14-24(33)30-22(10-2)26(34)35-8)23(32)13-16-28(25,29)20(5)11-12-21(6)31/h18,20,22,25H,4,9-17,29H2,1-3,5-8H3,(H,30,33)/t18?,20?,22?,25?,27-,28?/m0/s1. The average molecular weight is 493 g/mol. The number of ketones is 2. The van der Waals surface area contributed by atoms with Crippen LogP contribution in [0.1, 0.15) is 99.3 Å². The van der Waals surface area contributed by atoms with Gasteiger partial charge in [-0.2, -0.15) is 0 Å². The number of esters is 1. The van der Waals surface area contributed by atoms with Crippen molar-refractivity contribution in [2.45, 2.75) is 111 Å². The lowest BCUT2D eigenvalue weighted by Crippen LogP contribution is -2.63. The van der Waals surface area contributed by atoms with Crippen molar-refractivity contribution in [2.24, 2.45) is 28.9 Å². The van der Waals surface area contributed by atoms with Crippen molar-refractivity contribution in [2.75, 3.05) is 7.11 Å². The van der Waals surface area contributed by atoms with Crippen LogP contribution in [0.3, 0.4) is 0 Å². The van der Waals surface area contributed by atoms with Gasteiger partial charge in [-0.15, -0.1) is 0 Å². The van der Waals surface area contributed by atoms with Gasteiger partial charge in [0.1, 0.15) is 17.6 Å². The van der Waals surface area contributed by atoms with Gasteiger partial charge in [0, 0.05) is 36.1 Å². The first-order valence-electron chi connectivity index (χ1n) is 13.1. The smallest absolute Gasteiger partial charge is 0.328 e. The van der Waals surface area contributed by atoms with Crippen molar-refractivity contribution in [1.29, 1.82) is 0 Å².